The van der Waals surface area contributed by atoms with Gasteiger partial charge in [-0.3, -0.25) is 4.79 Å². The highest BCUT2D eigenvalue weighted by Crippen LogP contribution is 2.27. The van der Waals surface area contributed by atoms with Gasteiger partial charge in [0.25, 0.3) is 0 Å². The minimum Gasteiger partial charge on any atom is -0.467 e. The predicted octanol–water partition coefficient (Wildman–Crippen LogP) is 3.78. The van der Waals surface area contributed by atoms with Gasteiger partial charge in [-0.05, 0) is 36.4 Å². The number of rotatable bonds is 5. The highest BCUT2D eigenvalue weighted by atomic mass is 32.1. The smallest absolute Gasteiger partial charge is 0.228 e. The summed E-state index contributed by atoms with van der Waals surface area (Å²) in [7, 11) is 0. The zero-order chi connectivity index (χ0) is 16.1. The summed E-state index contributed by atoms with van der Waals surface area (Å²) < 4.78 is 5.30. The van der Waals surface area contributed by atoms with Gasteiger partial charge in [0.15, 0.2) is 0 Å². The fourth-order valence-corrected chi connectivity index (χ4v) is 3.97. The molecule has 0 bridgehead atoms. The fourth-order valence-electron chi connectivity index (χ4n) is 3.27. The first kappa shape index (κ1) is 16.3. The summed E-state index contributed by atoms with van der Waals surface area (Å²) in [6.45, 7) is 0.791. The summed E-state index contributed by atoms with van der Waals surface area (Å²) in [5, 5.41) is 12.4. The minimum atomic E-state index is -0.648. The van der Waals surface area contributed by atoms with Crippen molar-refractivity contribution in [2.45, 2.75) is 50.7 Å². The van der Waals surface area contributed by atoms with E-state index >= 15 is 0 Å². The number of carbonyl (C=O) groups excluding carboxylic acids is 1. The largest absolute Gasteiger partial charge is 0.467 e. The van der Waals surface area contributed by atoms with Crippen LogP contribution in [0.5, 0.6) is 0 Å². The summed E-state index contributed by atoms with van der Waals surface area (Å²) in [5.74, 6) is 0.755. The van der Waals surface area contributed by atoms with Gasteiger partial charge in [0.2, 0.25) is 5.91 Å². The monoisotopic (exact) mass is 333 g/mol. The highest BCUT2D eigenvalue weighted by molar-refractivity contribution is 7.10. The van der Waals surface area contributed by atoms with E-state index in [-0.39, 0.29) is 11.9 Å². The quantitative estimate of drug-likeness (QED) is 0.906. The van der Waals surface area contributed by atoms with Crippen molar-refractivity contribution in [2.75, 3.05) is 6.54 Å². The molecule has 124 valence electrons. The van der Waals surface area contributed by atoms with Crippen molar-refractivity contribution in [3.63, 3.8) is 0 Å². The third-order valence-electron chi connectivity index (χ3n) is 4.47. The number of thiophene rings is 1. The first-order valence-corrected chi connectivity index (χ1v) is 9.15. The van der Waals surface area contributed by atoms with Crippen molar-refractivity contribution in [3.05, 3.63) is 46.5 Å². The summed E-state index contributed by atoms with van der Waals surface area (Å²) in [6, 6.07) is 7.65. The van der Waals surface area contributed by atoms with E-state index in [1.807, 2.05) is 22.4 Å². The number of likely N-dealkylation sites (tertiary alicyclic amines) is 1. The van der Waals surface area contributed by atoms with Crippen molar-refractivity contribution < 1.29 is 14.3 Å². The van der Waals surface area contributed by atoms with Crippen molar-refractivity contribution >= 4 is 17.2 Å². The van der Waals surface area contributed by atoms with E-state index in [1.165, 1.54) is 0 Å². The summed E-state index contributed by atoms with van der Waals surface area (Å²) in [4.78, 5) is 15.8. The molecular formula is C18H23NO3S. The molecule has 4 nitrogen and oxygen atoms in total. The molecule has 1 fully saturated rings. The normalized spacial score (nSPS) is 20.2. The number of nitrogens with zero attached hydrogens (tertiary/aromatic N) is 1. The van der Waals surface area contributed by atoms with Gasteiger partial charge in [-0.1, -0.05) is 18.9 Å². The SMILES string of the molecule is O=C(Cc1cccs1)N1CCCCCC1CC(O)c1ccco1. The Bertz CT molecular complexity index is 594. The van der Waals surface area contributed by atoms with Gasteiger partial charge in [-0.15, -0.1) is 11.3 Å². The lowest BCUT2D eigenvalue weighted by atomic mass is 10.0. The Hall–Kier alpha value is -1.59. The third kappa shape index (κ3) is 4.24. The van der Waals surface area contributed by atoms with Crippen LogP contribution in [0.15, 0.2) is 40.3 Å². The average Bonchev–Trinajstić information content (AvgIpc) is 3.19. The van der Waals surface area contributed by atoms with E-state index in [2.05, 4.69) is 0 Å². The predicted molar refractivity (Wildman–Crippen MR) is 90.3 cm³/mol. The molecular weight excluding hydrogens is 310 g/mol. The van der Waals surface area contributed by atoms with Gasteiger partial charge >= 0.3 is 0 Å². The van der Waals surface area contributed by atoms with Gasteiger partial charge in [-0.25, -0.2) is 0 Å². The Kier molecular flexibility index (Phi) is 5.51. The molecule has 1 saturated heterocycles. The van der Waals surface area contributed by atoms with Gasteiger partial charge in [0.1, 0.15) is 11.9 Å². The topological polar surface area (TPSA) is 53.7 Å². The molecule has 2 aromatic heterocycles. The number of aliphatic hydroxyl groups is 1. The van der Waals surface area contributed by atoms with Crippen LogP contribution in [-0.2, 0) is 11.2 Å². The second-order valence-corrected chi connectivity index (χ2v) is 7.15. The molecule has 0 radical (unpaired) electrons. The van der Waals surface area contributed by atoms with E-state index in [9.17, 15) is 9.90 Å². The fraction of sp³-hybridized carbons (Fsp3) is 0.500. The lowest BCUT2D eigenvalue weighted by Crippen LogP contribution is -2.41. The number of amides is 1. The van der Waals surface area contributed by atoms with E-state index < -0.39 is 6.10 Å². The van der Waals surface area contributed by atoms with Gasteiger partial charge in [-0.2, -0.15) is 0 Å². The number of hydrogen-bond donors (Lipinski definition) is 1. The van der Waals surface area contributed by atoms with Crippen LogP contribution in [0.25, 0.3) is 0 Å². The molecule has 0 aliphatic carbocycles. The Morgan fingerprint density at radius 2 is 2.26 bits per heavy atom. The van der Waals surface area contributed by atoms with Crippen molar-refractivity contribution in [2.24, 2.45) is 0 Å². The molecule has 2 aromatic rings. The number of hydrogen-bond acceptors (Lipinski definition) is 4. The molecule has 0 aromatic carbocycles. The maximum atomic E-state index is 12.7. The number of aliphatic hydroxyl groups excluding tert-OH is 1. The summed E-state index contributed by atoms with van der Waals surface area (Å²) >= 11 is 1.62. The Morgan fingerprint density at radius 3 is 3.00 bits per heavy atom. The zero-order valence-corrected chi connectivity index (χ0v) is 14.0. The molecule has 0 saturated carbocycles. The van der Waals surface area contributed by atoms with Crippen LogP contribution in [0.1, 0.15) is 48.8 Å². The molecule has 2 unspecified atom stereocenters. The van der Waals surface area contributed by atoms with Gasteiger partial charge in [0, 0.05) is 23.9 Å². The van der Waals surface area contributed by atoms with Gasteiger partial charge < -0.3 is 14.4 Å². The Morgan fingerprint density at radius 1 is 1.35 bits per heavy atom. The second-order valence-electron chi connectivity index (χ2n) is 6.11. The van der Waals surface area contributed by atoms with Crippen LogP contribution in [0.3, 0.4) is 0 Å². The molecule has 0 spiro atoms. The van der Waals surface area contributed by atoms with Crippen molar-refractivity contribution in [3.8, 4) is 0 Å². The molecule has 23 heavy (non-hydrogen) atoms. The van der Waals surface area contributed by atoms with Crippen LogP contribution in [0.2, 0.25) is 0 Å². The van der Waals surface area contributed by atoms with E-state index in [4.69, 9.17) is 4.42 Å². The second kappa shape index (κ2) is 7.79. The molecule has 5 heteroatoms. The minimum absolute atomic E-state index is 0.0880. The summed E-state index contributed by atoms with van der Waals surface area (Å²) in [6.07, 6.45) is 6.19. The molecule has 1 aliphatic rings. The Labute approximate surface area is 140 Å². The van der Waals surface area contributed by atoms with Gasteiger partial charge in [0.05, 0.1) is 12.7 Å². The summed E-state index contributed by atoms with van der Waals surface area (Å²) in [5.41, 5.74) is 0. The number of furan rings is 1. The molecule has 1 aliphatic heterocycles. The maximum absolute atomic E-state index is 12.7. The highest BCUT2D eigenvalue weighted by Gasteiger charge is 2.28. The molecule has 1 amide bonds. The Balaban J connectivity index is 1.68. The van der Waals surface area contributed by atoms with Crippen LogP contribution < -0.4 is 0 Å². The number of carbonyl (C=O) groups is 1. The lowest BCUT2D eigenvalue weighted by molar-refractivity contribution is -0.133. The maximum Gasteiger partial charge on any atom is 0.228 e. The average molecular weight is 333 g/mol. The molecule has 1 N–H and O–H groups in total. The lowest BCUT2D eigenvalue weighted by Gasteiger charge is -2.31. The van der Waals surface area contributed by atoms with Crippen LogP contribution in [0, 0.1) is 0 Å². The van der Waals surface area contributed by atoms with Crippen LogP contribution in [-0.4, -0.2) is 28.5 Å². The van der Waals surface area contributed by atoms with E-state index in [0.29, 0.717) is 18.6 Å². The standard InChI is InChI=1S/C18H23NO3S/c20-16(17-8-4-10-22-17)12-14-6-2-1-3-9-19(14)18(21)13-15-7-5-11-23-15/h4-5,7-8,10-11,14,16,20H,1-3,6,9,12-13H2. The van der Waals surface area contributed by atoms with Crippen LogP contribution in [0.4, 0.5) is 0 Å². The third-order valence-corrected chi connectivity index (χ3v) is 5.35. The molecule has 3 rings (SSSR count). The first-order chi connectivity index (χ1) is 11.2. The van der Waals surface area contributed by atoms with E-state index in [0.717, 1.165) is 37.1 Å². The zero-order valence-electron chi connectivity index (χ0n) is 13.2. The molecule has 2 atom stereocenters. The van der Waals surface area contributed by atoms with Crippen molar-refractivity contribution in [1.82, 2.24) is 4.90 Å². The van der Waals surface area contributed by atoms with Crippen LogP contribution >= 0.6 is 11.3 Å². The van der Waals surface area contributed by atoms with E-state index in [1.54, 1.807) is 29.7 Å². The van der Waals surface area contributed by atoms with Crippen molar-refractivity contribution in [1.29, 1.82) is 0 Å². The first-order valence-electron chi connectivity index (χ1n) is 8.27. The molecule has 3 heterocycles.